The highest BCUT2D eigenvalue weighted by atomic mass is 79.9. The van der Waals surface area contributed by atoms with E-state index in [4.69, 9.17) is 16.6 Å². The summed E-state index contributed by atoms with van der Waals surface area (Å²) in [6, 6.07) is 19.6. The smallest absolute Gasteiger partial charge is 0.255 e. The van der Waals surface area contributed by atoms with E-state index in [9.17, 15) is 4.79 Å². The summed E-state index contributed by atoms with van der Waals surface area (Å²) in [5, 5.41) is 0.657. The van der Waals surface area contributed by atoms with Crippen molar-refractivity contribution < 1.29 is 0 Å². The molecule has 1 N–H and O–H groups in total. The van der Waals surface area contributed by atoms with Crippen LogP contribution in [0, 0.1) is 0 Å². The number of hydrogen-bond acceptors (Lipinski definition) is 4. The monoisotopic (exact) mass is 506 g/mol. The molecule has 0 spiro atoms. The molecule has 32 heavy (non-hydrogen) atoms. The minimum absolute atomic E-state index is 0.0756. The van der Waals surface area contributed by atoms with E-state index in [1.165, 1.54) is 0 Å². The van der Waals surface area contributed by atoms with E-state index in [0.717, 1.165) is 57.6 Å². The van der Waals surface area contributed by atoms with E-state index in [1.54, 1.807) is 12.1 Å². The van der Waals surface area contributed by atoms with E-state index in [1.807, 2.05) is 48.7 Å². The Morgan fingerprint density at radius 1 is 1.00 bits per heavy atom. The number of benzene rings is 2. The van der Waals surface area contributed by atoms with Crippen molar-refractivity contribution in [2.24, 2.45) is 0 Å². The molecule has 1 aliphatic rings. The summed E-state index contributed by atoms with van der Waals surface area (Å²) in [7, 11) is 0. The summed E-state index contributed by atoms with van der Waals surface area (Å²) in [6.07, 6.45) is 2.66. The lowest BCUT2D eigenvalue weighted by Gasteiger charge is -2.27. The quantitative estimate of drug-likeness (QED) is 0.398. The standard InChI is InChI=1S/C25H20BrClN4O/c26-19-6-2-17(3-7-19)22-10-1-16(13-28-22)14-31-12-11-23-21(15-31)25(32)30-24(29-23)18-4-8-20(27)9-5-18/h1-10,13H,11-12,14-15H2,(H,29,30,32). The molecule has 5 rings (SSSR count). The van der Waals surface area contributed by atoms with Gasteiger partial charge >= 0.3 is 0 Å². The molecular formula is C25H20BrClN4O. The van der Waals surface area contributed by atoms with Crippen molar-refractivity contribution in [1.82, 2.24) is 19.9 Å². The summed E-state index contributed by atoms with van der Waals surface area (Å²) >= 11 is 9.43. The second-order valence-electron chi connectivity index (χ2n) is 7.87. The Labute approximate surface area is 199 Å². The summed E-state index contributed by atoms with van der Waals surface area (Å²) < 4.78 is 1.05. The molecule has 0 saturated carbocycles. The van der Waals surface area contributed by atoms with E-state index < -0.39 is 0 Å². The van der Waals surface area contributed by atoms with Crippen LogP contribution in [0.2, 0.25) is 5.02 Å². The number of pyridine rings is 1. The van der Waals surface area contributed by atoms with Gasteiger partial charge in [-0.2, -0.15) is 0 Å². The van der Waals surface area contributed by atoms with Gasteiger partial charge in [-0.3, -0.25) is 14.7 Å². The Kier molecular flexibility index (Phi) is 5.91. The SMILES string of the molecule is O=c1[nH]c(-c2ccc(Cl)cc2)nc2c1CN(Cc1ccc(-c3ccc(Br)cc3)nc1)CC2. The van der Waals surface area contributed by atoms with Crippen molar-refractivity contribution in [1.29, 1.82) is 0 Å². The summed E-state index contributed by atoms with van der Waals surface area (Å²) in [5.74, 6) is 0.589. The Balaban J connectivity index is 1.30. The molecule has 3 heterocycles. The summed E-state index contributed by atoms with van der Waals surface area (Å²) in [5.41, 5.74) is 5.55. The maximum atomic E-state index is 12.8. The van der Waals surface area contributed by atoms with Crippen LogP contribution in [-0.2, 0) is 19.5 Å². The molecule has 160 valence electrons. The van der Waals surface area contributed by atoms with Crippen LogP contribution in [0.5, 0.6) is 0 Å². The number of hydrogen-bond donors (Lipinski definition) is 1. The first kappa shape index (κ1) is 21.1. The number of aromatic amines is 1. The zero-order valence-electron chi connectivity index (χ0n) is 17.2. The molecule has 0 radical (unpaired) electrons. The number of nitrogens with zero attached hydrogens (tertiary/aromatic N) is 3. The molecule has 0 saturated heterocycles. The number of H-pyrrole nitrogens is 1. The van der Waals surface area contributed by atoms with Crippen LogP contribution in [0.15, 0.2) is 76.1 Å². The zero-order valence-corrected chi connectivity index (χ0v) is 19.5. The van der Waals surface area contributed by atoms with Gasteiger partial charge in [-0.25, -0.2) is 4.98 Å². The third-order valence-corrected chi connectivity index (χ3v) is 6.42. The number of nitrogens with one attached hydrogen (secondary N) is 1. The molecule has 2 aromatic carbocycles. The van der Waals surface area contributed by atoms with Gasteiger partial charge in [0.15, 0.2) is 0 Å². The predicted octanol–water partition coefficient (Wildman–Crippen LogP) is 5.47. The maximum absolute atomic E-state index is 12.8. The molecule has 7 heteroatoms. The van der Waals surface area contributed by atoms with Gasteiger partial charge in [0.2, 0.25) is 0 Å². The minimum Gasteiger partial charge on any atom is -0.306 e. The largest absolute Gasteiger partial charge is 0.306 e. The Hall–Kier alpha value is -2.80. The van der Waals surface area contributed by atoms with Crippen LogP contribution in [0.1, 0.15) is 16.8 Å². The molecule has 0 unspecified atom stereocenters. The first-order valence-corrected chi connectivity index (χ1v) is 11.5. The van der Waals surface area contributed by atoms with Gasteiger partial charge in [0, 0.05) is 52.9 Å². The molecule has 5 nitrogen and oxygen atoms in total. The van der Waals surface area contributed by atoms with E-state index in [0.29, 0.717) is 17.4 Å². The Morgan fingerprint density at radius 3 is 2.47 bits per heavy atom. The fourth-order valence-corrected chi connectivity index (χ4v) is 4.32. The highest BCUT2D eigenvalue weighted by Crippen LogP contribution is 2.23. The van der Waals surface area contributed by atoms with Crippen molar-refractivity contribution in [2.75, 3.05) is 6.54 Å². The predicted molar refractivity (Wildman–Crippen MR) is 130 cm³/mol. The minimum atomic E-state index is -0.0756. The van der Waals surface area contributed by atoms with Gasteiger partial charge < -0.3 is 4.98 Å². The molecule has 0 bridgehead atoms. The maximum Gasteiger partial charge on any atom is 0.255 e. The summed E-state index contributed by atoms with van der Waals surface area (Å²) in [6.45, 7) is 2.16. The van der Waals surface area contributed by atoms with Crippen molar-refractivity contribution in [2.45, 2.75) is 19.5 Å². The lowest BCUT2D eigenvalue weighted by molar-refractivity contribution is 0.241. The first-order chi connectivity index (χ1) is 15.5. The van der Waals surface area contributed by atoms with Gasteiger partial charge in [0.1, 0.15) is 5.82 Å². The Morgan fingerprint density at radius 2 is 1.75 bits per heavy atom. The fourth-order valence-electron chi connectivity index (χ4n) is 3.93. The van der Waals surface area contributed by atoms with Crippen LogP contribution in [0.3, 0.4) is 0 Å². The van der Waals surface area contributed by atoms with Gasteiger partial charge in [0.05, 0.1) is 17.0 Å². The van der Waals surface area contributed by atoms with Crippen molar-refractivity contribution in [3.05, 3.63) is 104 Å². The third kappa shape index (κ3) is 4.53. The van der Waals surface area contributed by atoms with E-state index >= 15 is 0 Å². The average molecular weight is 508 g/mol. The average Bonchev–Trinajstić information content (AvgIpc) is 2.81. The second kappa shape index (κ2) is 8.98. The summed E-state index contributed by atoms with van der Waals surface area (Å²) in [4.78, 5) is 27.3. The third-order valence-electron chi connectivity index (χ3n) is 5.64. The van der Waals surface area contributed by atoms with Crippen molar-refractivity contribution >= 4 is 27.5 Å². The van der Waals surface area contributed by atoms with Crippen LogP contribution < -0.4 is 5.56 Å². The molecule has 0 amide bonds. The molecule has 0 atom stereocenters. The molecule has 0 fully saturated rings. The first-order valence-electron chi connectivity index (χ1n) is 10.4. The molecular weight excluding hydrogens is 488 g/mol. The number of fused-ring (bicyclic) bond motifs is 1. The Bertz CT molecular complexity index is 1300. The molecule has 0 aliphatic carbocycles. The van der Waals surface area contributed by atoms with Crippen LogP contribution in [0.25, 0.3) is 22.6 Å². The van der Waals surface area contributed by atoms with Crippen molar-refractivity contribution in [3.63, 3.8) is 0 Å². The molecule has 1 aliphatic heterocycles. The number of aromatic nitrogens is 3. The van der Waals surface area contributed by atoms with Crippen LogP contribution >= 0.6 is 27.5 Å². The van der Waals surface area contributed by atoms with E-state index in [-0.39, 0.29) is 5.56 Å². The highest BCUT2D eigenvalue weighted by molar-refractivity contribution is 9.10. The van der Waals surface area contributed by atoms with Crippen LogP contribution in [0.4, 0.5) is 0 Å². The molecule has 4 aromatic rings. The zero-order chi connectivity index (χ0) is 22.1. The van der Waals surface area contributed by atoms with Crippen molar-refractivity contribution in [3.8, 4) is 22.6 Å². The lowest BCUT2D eigenvalue weighted by atomic mass is 10.1. The van der Waals surface area contributed by atoms with Gasteiger partial charge in [-0.05, 0) is 48.0 Å². The second-order valence-corrected chi connectivity index (χ2v) is 9.22. The highest BCUT2D eigenvalue weighted by Gasteiger charge is 2.21. The molecule has 2 aromatic heterocycles. The fraction of sp³-hybridized carbons (Fsp3) is 0.160. The van der Waals surface area contributed by atoms with E-state index in [2.05, 4.69) is 36.9 Å². The normalized spacial score (nSPS) is 13.7. The topological polar surface area (TPSA) is 61.9 Å². The van der Waals surface area contributed by atoms with Gasteiger partial charge in [-0.15, -0.1) is 0 Å². The van der Waals surface area contributed by atoms with Gasteiger partial charge in [0.25, 0.3) is 5.56 Å². The lowest BCUT2D eigenvalue weighted by Crippen LogP contribution is -2.35. The number of halogens is 2. The number of rotatable bonds is 4. The van der Waals surface area contributed by atoms with Gasteiger partial charge in [-0.1, -0.05) is 45.7 Å². The van der Waals surface area contributed by atoms with Crippen LogP contribution in [-0.4, -0.2) is 26.4 Å².